The number of halogens is 1. The zero-order chi connectivity index (χ0) is 17.0. The smallest absolute Gasteiger partial charge is 0.262 e. The van der Waals surface area contributed by atoms with Gasteiger partial charge >= 0.3 is 0 Å². The van der Waals surface area contributed by atoms with Crippen molar-refractivity contribution in [3.63, 3.8) is 0 Å². The topological polar surface area (TPSA) is 58.2 Å². The van der Waals surface area contributed by atoms with Crippen LogP contribution in [0.25, 0.3) is 6.08 Å². The van der Waals surface area contributed by atoms with E-state index in [9.17, 15) is 8.42 Å². The minimum absolute atomic E-state index is 0.137. The summed E-state index contributed by atoms with van der Waals surface area (Å²) in [6, 6.07) is 11.7. The molecule has 0 saturated heterocycles. The van der Waals surface area contributed by atoms with Crippen LogP contribution in [0.1, 0.15) is 11.1 Å². The van der Waals surface area contributed by atoms with Crippen molar-refractivity contribution in [1.29, 1.82) is 0 Å². The van der Waals surface area contributed by atoms with Gasteiger partial charge in [0.05, 0.1) is 4.90 Å². The van der Waals surface area contributed by atoms with Gasteiger partial charge in [-0.25, -0.2) is 8.42 Å². The van der Waals surface area contributed by atoms with Gasteiger partial charge in [-0.3, -0.25) is 4.72 Å². The van der Waals surface area contributed by atoms with Gasteiger partial charge in [-0.05, 0) is 42.3 Å². The number of benzene rings is 2. The van der Waals surface area contributed by atoms with E-state index in [1.54, 1.807) is 30.3 Å². The van der Waals surface area contributed by atoms with Crippen molar-refractivity contribution in [2.24, 2.45) is 0 Å². The van der Waals surface area contributed by atoms with Crippen molar-refractivity contribution in [2.75, 3.05) is 5.32 Å². The second kappa shape index (κ2) is 6.89. The quantitative estimate of drug-likeness (QED) is 0.824. The maximum absolute atomic E-state index is 12.3. The molecule has 0 saturated carbocycles. The second-order valence-corrected chi connectivity index (χ2v) is 7.04. The van der Waals surface area contributed by atoms with Gasteiger partial charge in [-0.15, -0.1) is 0 Å². The van der Waals surface area contributed by atoms with Crippen molar-refractivity contribution in [1.82, 2.24) is 4.72 Å². The standard InChI is InChI=1S/C17H17ClN2O2S/c1-4-14-6-9-16(10-7-14)23(21,22)20-13(3)19-15-8-5-12(2)17(18)11-15/h4-11,19-20H,1,3H2,2H3. The van der Waals surface area contributed by atoms with Gasteiger partial charge in [0.15, 0.2) is 0 Å². The van der Waals surface area contributed by atoms with Crippen LogP contribution in [0.15, 0.2) is 66.3 Å². The Hall–Kier alpha value is -2.24. The summed E-state index contributed by atoms with van der Waals surface area (Å²) in [6.45, 7) is 9.20. The molecule has 0 radical (unpaired) electrons. The molecule has 2 N–H and O–H groups in total. The number of hydrogen-bond donors (Lipinski definition) is 2. The van der Waals surface area contributed by atoms with Crippen LogP contribution in [0, 0.1) is 6.92 Å². The predicted molar refractivity (Wildman–Crippen MR) is 95.8 cm³/mol. The largest absolute Gasteiger partial charge is 0.342 e. The molecule has 2 aromatic carbocycles. The van der Waals surface area contributed by atoms with Crippen molar-refractivity contribution in [3.05, 3.63) is 77.6 Å². The first-order valence-electron chi connectivity index (χ1n) is 6.79. The summed E-state index contributed by atoms with van der Waals surface area (Å²) >= 11 is 6.04. The number of hydrogen-bond acceptors (Lipinski definition) is 3. The third-order valence-corrected chi connectivity index (χ3v) is 4.97. The lowest BCUT2D eigenvalue weighted by molar-refractivity contribution is 0.589. The highest BCUT2D eigenvalue weighted by Gasteiger charge is 2.14. The van der Waals surface area contributed by atoms with E-state index >= 15 is 0 Å². The van der Waals surface area contributed by atoms with Crippen molar-refractivity contribution < 1.29 is 8.42 Å². The number of aryl methyl sites for hydroxylation is 1. The fraction of sp³-hybridized carbons (Fsp3) is 0.0588. The molecule has 0 fully saturated rings. The molecule has 23 heavy (non-hydrogen) atoms. The fourth-order valence-corrected chi connectivity index (χ4v) is 3.04. The fourth-order valence-electron chi connectivity index (χ4n) is 1.87. The van der Waals surface area contributed by atoms with Gasteiger partial charge in [-0.1, -0.05) is 49.0 Å². The number of nitrogens with one attached hydrogen (secondary N) is 2. The Bertz CT molecular complexity index is 843. The first-order chi connectivity index (χ1) is 10.8. The molecule has 0 aliphatic heterocycles. The molecule has 0 spiro atoms. The first kappa shape index (κ1) is 17.1. The van der Waals surface area contributed by atoms with E-state index in [2.05, 4.69) is 23.2 Å². The van der Waals surface area contributed by atoms with E-state index in [0.717, 1.165) is 11.1 Å². The van der Waals surface area contributed by atoms with Crippen LogP contribution in [0.2, 0.25) is 5.02 Å². The maximum Gasteiger partial charge on any atom is 0.262 e. The molecule has 0 atom stereocenters. The summed E-state index contributed by atoms with van der Waals surface area (Å²) < 4.78 is 27.0. The van der Waals surface area contributed by atoms with Crippen LogP contribution in [-0.4, -0.2) is 8.42 Å². The molecule has 4 nitrogen and oxygen atoms in total. The van der Waals surface area contributed by atoms with Gasteiger partial charge < -0.3 is 5.32 Å². The lowest BCUT2D eigenvalue weighted by Crippen LogP contribution is -2.26. The molecule has 0 heterocycles. The highest BCUT2D eigenvalue weighted by atomic mass is 35.5. The first-order valence-corrected chi connectivity index (χ1v) is 8.65. The Morgan fingerprint density at radius 2 is 1.83 bits per heavy atom. The number of rotatable bonds is 6. The van der Waals surface area contributed by atoms with Crippen LogP contribution in [0.3, 0.4) is 0 Å². The SMILES string of the molecule is C=Cc1ccc(S(=O)(=O)NC(=C)Nc2ccc(C)c(Cl)c2)cc1. The van der Waals surface area contributed by atoms with Gasteiger partial charge in [0.25, 0.3) is 10.0 Å². The Morgan fingerprint density at radius 1 is 1.17 bits per heavy atom. The minimum atomic E-state index is -3.70. The van der Waals surface area contributed by atoms with E-state index in [1.807, 2.05) is 13.0 Å². The third kappa shape index (κ3) is 4.37. The Balaban J connectivity index is 2.11. The van der Waals surface area contributed by atoms with Gasteiger partial charge in [0.1, 0.15) is 5.82 Å². The summed E-state index contributed by atoms with van der Waals surface area (Å²) in [4.78, 5) is 0.146. The third-order valence-electron chi connectivity index (χ3n) is 3.15. The number of anilines is 1. The Labute approximate surface area is 141 Å². The van der Waals surface area contributed by atoms with Crippen molar-refractivity contribution >= 4 is 33.4 Å². The average Bonchev–Trinajstić information content (AvgIpc) is 2.50. The monoisotopic (exact) mass is 348 g/mol. The molecule has 2 aromatic rings. The highest BCUT2D eigenvalue weighted by Crippen LogP contribution is 2.21. The van der Waals surface area contributed by atoms with E-state index in [0.29, 0.717) is 10.7 Å². The van der Waals surface area contributed by atoms with E-state index in [1.165, 1.54) is 12.1 Å². The van der Waals surface area contributed by atoms with Crippen molar-refractivity contribution in [2.45, 2.75) is 11.8 Å². The Morgan fingerprint density at radius 3 is 2.39 bits per heavy atom. The van der Waals surface area contributed by atoms with Crippen LogP contribution < -0.4 is 10.0 Å². The predicted octanol–water partition coefficient (Wildman–Crippen LogP) is 4.15. The number of sulfonamides is 1. The zero-order valence-corrected chi connectivity index (χ0v) is 14.2. The van der Waals surface area contributed by atoms with Crippen LogP contribution >= 0.6 is 11.6 Å². The lowest BCUT2D eigenvalue weighted by atomic mass is 10.2. The molecular weight excluding hydrogens is 332 g/mol. The maximum atomic E-state index is 12.3. The van der Waals surface area contributed by atoms with E-state index in [4.69, 9.17) is 11.6 Å². The molecule has 0 unspecified atom stereocenters. The van der Waals surface area contributed by atoms with Gasteiger partial charge in [0, 0.05) is 10.7 Å². The molecule has 6 heteroatoms. The van der Waals surface area contributed by atoms with Gasteiger partial charge in [-0.2, -0.15) is 0 Å². The zero-order valence-electron chi connectivity index (χ0n) is 12.6. The summed E-state index contributed by atoms with van der Waals surface area (Å²) in [5.41, 5.74) is 2.43. The Kier molecular flexibility index (Phi) is 5.13. The second-order valence-electron chi connectivity index (χ2n) is 4.95. The summed E-state index contributed by atoms with van der Waals surface area (Å²) in [7, 11) is -3.70. The summed E-state index contributed by atoms with van der Waals surface area (Å²) in [6.07, 6.45) is 1.64. The molecule has 120 valence electrons. The normalized spacial score (nSPS) is 10.9. The molecule has 0 aliphatic rings. The van der Waals surface area contributed by atoms with Crippen LogP contribution in [0.4, 0.5) is 5.69 Å². The highest BCUT2D eigenvalue weighted by molar-refractivity contribution is 7.89. The van der Waals surface area contributed by atoms with Gasteiger partial charge in [0.2, 0.25) is 0 Å². The molecular formula is C17H17ClN2O2S. The minimum Gasteiger partial charge on any atom is -0.342 e. The molecule has 0 bridgehead atoms. The average molecular weight is 349 g/mol. The molecule has 0 aromatic heterocycles. The van der Waals surface area contributed by atoms with Crippen LogP contribution in [-0.2, 0) is 10.0 Å². The summed E-state index contributed by atoms with van der Waals surface area (Å²) in [5.74, 6) is 0.137. The molecule has 2 rings (SSSR count). The van der Waals surface area contributed by atoms with E-state index < -0.39 is 10.0 Å². The molecule has 0 amide bonds. The van der Waals surface area contributed by atoms with Crippen molar-refractivity contribution in [3.8, 4) is 0 Å². The lowest BCUT2D eigenvalue weighted by Gasteiger charge is -2.13. The molecule has 0 aliphatic carbocycles. The van der Waals surface area contributed by atoms with Crippen LogP contribution in [0.5, 0.6) is 0 Å². The summed E-state index contributed by atoms with van der Waals surface area (Å²) in [5, 5.41) is 3.46. The van der Waals surface area contributed by atoms with E-state index in [-0.39, 0.29) is 10.7 Å².